The van der Waals surface area contributed by atoms with Gasteiger partial charge in [0.15, 0.2) is 5.96 Å². The summed E-state index contributed by atoms with van der Waals surface area (Å²) in [6.07, 6.45) is 1.13. The molecule has 0 saturated heterocycles. The van der Waals surface area contributed by atoms with E-state index in [9.17, 15) is 4.79 Å². The lowest BCUT2D eigenvalue weighted by molar-refractivity contribution is -0.146. The largest absolute Gasteiger partial charge is 0.460 e. The van der Waals surface area contributed by atoms with E-state index < -0.39 is 12.0 Å². The maximum atomic E-state index is 11.6. The van der Waals surface area contributed by atoms with Crippen LogP contribution in [0, 0.1) is 0 Å². The van der Waals surface area contributed by atoms with Crippen LogP contribution in [0.1, 0.15) is 18.4 Å². The molecule has 6 nitrogen and oxygen atoms in total. The van der Waals surface area contributed by atoms with Crippen molar-refractivity contribution < 1.29 is 9.53 Å². The molecular formula is C13H20N4O2. The average Bonchev–Trinajstić information content (AvgIpc) is 2.41. The van der Waals surface area contributed by atoms with Crippen LogP contribution in [0.25, 0.3) is 0 Å². The Morgan fingerprint density at radius 1 is 1.26 bits per heavy atom. The summed E-state index contributed by atoms with van der Waals surface area (Å²) in [4.78, 5) is 15.4. The SMILES string of the molecule is NC(N)=NCCC[C@@H](N)C(=O)OCc1ccccc1. The number of rotatable bonds is 7. The predicted octanol–water partition coefficient (Wildman–Crippen LogP) is 0.111. The zero-order valence-corrected chi connectivity index (χ0v) is 10.8. The molecule has 0 fully saturated rings. The lowest BCUT2D eigenvalue weighted by Crippen LogP contribution is -2.32. The number of hydrogen-bond donors (Lipinski definition) is 3. The van der Waals surface area contributed by atoms with E-state index in [1.54, 1.807) is 0 Å². The summed E-state index contributed by atoms with van der Waals surface area (Å²) in [7, 11) is 0. The van der Waals surface area contributed by atoms with Crippen LogP contribution in [0.2, 0.25) is 0 Å². The third kappa shape index (κ3) is 6.42. The molecule has 0 amide bonds. The highest BCUT2D eigenvalue weighted by Crippen LogP contribution is 2.03. The van der Waals surface area contributed by atoms with Crippen molar-refractivity contribution in [1.29, 1.82) is 0 Å². The summed E-state index contributed by atoms with van der Waals surface area (Å²) in [6, 6.07) is 8.81. The Hall–Kier alpha value is -2.08. The molecule has 0 radical (unpaired) electrons. The van der Waals surface area contributed by atoms with Crippen LogP contribution < -0.4 is 17.2 Å². The zero-order valence-electron chi connectivity index (χ0n) is 10.8. The van der Waals surface area contributed by atoms with Crippen LogP contribution >= 0.6 is 0 Å². The summed E-state index contributed by atoms with van der Waals surface area (Å²) in [6.45, 7) is 0.698. The quantitative estimate of drug-likeness (QED) is 0.280. The van der Waals surface area contributed by atoms with Gasteiger partial charge < -0.3 is 21.9 Å². The lowest BCUT2D eigenvalue weighted by atomic mass is 10.2. The molecule has 0 aliphatic carbocycles. The van der Waals surface area contributed by atoms with E-state index in [1.165, 1.54) is 0 Å². The van der Waals surface area contributed by atoms with E-state index in [1.807, 2.05) is 30.3 Å². The molecule has 19 heavy (non-hydrogen) atoms. The summed E-state index contributed by atoms with van der Waals surface area (Å²) in [5.41, 5.74) is 17.0. The number of guanidine groups is 1. The number of ether oxygens (including phenoxy) is 1. The molecule has 0 aliphatic heterocycles. The van der Waals surface area contributed by atoms with Gasteiger partial charge in [-0.25, -0.2) is 0 Å². The Kier molecular flexibility index (Phi) is 6.38. The highest BCUT2D eigenvalue weighted by atomic mass is 16.5. The van der Waals surface area contributed by atoms with Crippen molar-refractivity contribution in [3.63, 3.8) is 0 Å². The van der Waals surface area contributed by atoms with Crippen molar-refractivity contribution in [2.75, 3.05) is 6.54 Å². The van der Waals surface area contributed by atoms with Crippen LogP contribution in [0.15, 0.2) is 35.3 Å². The molecule has 1 rings (SSSR count). The van der Waals surface area contributed by atoms with E-state index in [0.29, 0.717) is 19.4 Å². The molecular weight excluding hydrogens is 244 g/mol. The number of benzene rings is 1. The number of nitrogens with two attached hydrogens (primary N) is 3. The molecule has 104 valence electrons. The second-order valence-corrected chi connectivity index (χ2v) is 4.15. The van der Waals surface area contributed by atoms with Gasteiger partial charge in [-0.2, -0.15) is 0 Å². The average molecular weight is 264 g/mol. The fourth-order valence-electron chi connectivity index (χ4n) is 1.47. The number of carbonyl (C=O) groups is 1. The fourth-order valence-corrected chi connectivity index (χ4v) is 1.47. The second kappa shape index (κ2) is 8.10. The molecule has 0 bridgehead atoms. The third-order valence-corrected chi connectivity index (χ3v) is 2.49. The summed E-state index contributed by atoms with van der Waals surface area (Å²) in [5.74, 6) is -0.367. The smallest absolute Gasteiger partial charge is 0.323 e. The predicted molar refractivity (Wildman–Crippen MR) is 74.1 cm³/mol. The minimum atomic E-state index is -0.641. The molecule has 1 aromatic rings. The molecule has 1 atom stereocenters. The van der Waals surface area contributed by atoms with E-state index in [0.717, 1.165) is 5.56 Å². The van der Waals surface area contributed by atoms with Crippen LogP contribution in [0.4, 0.5) is 0 Å². The van der Waals surface area contributed by atoms with Gasteiger partial charge in [-0.3, -0.25) is 9.79 Å². The molecule has 0 unspecified atom stereocenters. The molecule has 0 spiro atoms. The molecule has 0 saturated carbocycles. The van der Waals surface area contributed by atoms with E-state index >= 15 is 0 Å². The van der Waals surface area contributed by atoms with Gasteiger partial charge in [0.25, 0.3) is 0 Å². The van der Waals surface area contributed by atoms with E-state index in [2.05, 4.69) is 4.99 Å². The summed E-state index contributed by atoms with van der Waals surface area (Å²) >= 11 is 0. The molecule has 0 aromatic heterocycles. The normalized spacial score (nSPS) is 11.6. The van der Waals surface area contributed by atoms with Gasteiger partial charge in [0, 0.05) is 6.54 Å². The Balaban J connectivity index is 2.23. The van der Waals surface area contributed by atoms with Crippen molar-refractivity contribution in [3.8, 4) is 0 Å². The Morgan fingerprint density at radius 2 is 1.95 bits per heavy atom. The van der Waals surface area contributed by atoms with Gasteiger partial charge in [0.2, 0.25) is 0 Å². The minimum absolute atomic E-state index is 0.0419. The first-order valence-electron chi connectivity index (χ1n) is 6.11. The Bertz CT molecular complexity index is 416. The summed E-state index contributed by atoms with van der Waals surface area (Å²) in [5, 5.41) is 0. The maximum Gasteiger partial charge on any atom is 0.323 e. The lowest BCUT2D eigenvalue weighted by Gasteiger charge is -2.10. The molecule has 1 aromatic carbocycles. The monoisotopic (exact) mass is 264 g/mol. The van der Waals surface area contributed by atoms with Crippen molar-refractivity contribution in [2.45, 2.75) is 25.5 Å². The van der Waals surface area contributed by atoms with Gasteiger partial charge in [-0.15, -0.1) is 0 Å². The molecule has 6 N–H and O–H groups in total. The van der Waals surface area contributed by atoms with Crippen LogP contribution in [-0.4, -0.2) is 24.5 Å². The van der Waals surface area contributed by atoms with Gasteiger partial charge in [-0.1, -0.05) is 30.3 Å². The van der Waals surface area contributed by atoms with Gasteiger partial charge in [-0.05, 0) is 18.4 Å². The third-order valence-electron chi connectivity index (χ3n) is 2.49. The van der Waals surface area contributed by atoms with Gasteiger partial charge in [0.1, 0.15) is 12.6 Å². The van der Waals surface area contributed by atoms with Crippen LogP contribution in [0.5, 0.6) is 0 Å². The van der Waals surface area contributed by atoms with Crippen LogP contribution in [0.3, 0.4) is 0 Å². The molecule has 0 aliphatic rings. The zero-order chi connectivity index (χ0) is 14.1. The minimum Gasteiger partial charge on any atom is -0.460 e. The first kappa shape index (κ1) is 15.0. The van der Waals surface area contributed by atoms with Crippen molar-refractivity contribution in [2.24, 2.45) is 22.2 Å². The Morgan fingerprint density at radius 3 is 2.58 bits per heavy atom. The second-order valence-electron chi connectivity index (χ2n) is 4.15. The van der Waals surface area contributed by atoms with E-state index in [4.69, 9.17) is 21.9 Å². The van der Waals surface area contributed by atoms with Gasteiger partial charge >= 0.3 is 5.97 Å². The maximum absolute atomic E-state index is 11.6. The number of aliphatic imine (C=N–C) groups is 1. The van der Waals surface area contributed by atoms with Crippen molar-refractivity contribution in [3.05, 3.63) is 35.9 Å². The first-order chi connectivity index (χ1) is 9.09. The number of hydrogen-bond acceptors (Lipinski definition) is 4. The molecule has 0 heterocycles. The number of esters is 1. The summed E-state index contributed by atoms with van der Waals surface area (Å²) < 4.78 is 5.12. The first-order valence-corrected chi connectivity index (χ1v) is 6.11. The standard InChI is InChI=1S/C13H20N4O2/c14-11(7-4-8-17-13(15)16)12(18)19-9-10-5-2-1-3-6-10/h1-3,5-6,11H,4,7-9,14H2,(H4,15,16,17)/t11-/m1/s1. The van der Waals surface area contributed by atoms with Crippen molar-refractivity contribution >= 4 is 11.9 Å². The van der Waals surface area contributed by atoms with Crippen molar-refractivity contribution in [1.82, 2.24) is 0 Å². The topological polar surface area (TPSA) is 117 Å². The Labute approximate surface area is 112 Å². The number of nitrogens with zero attached hydrogens (tertiary/aromatic N) is 1. The highest BCUT2D eigenvalue weighted by Gasteiger charge is 2.14. The molecule has 6 heteroatoms. The van der Waals surface area contributed by atoms with Gasteiger partial charge in [0.05, 0.1) is 0 Å². The highest BCUT2D eigenvalue weighted by molar-refractivity contribution is 5.76. The van der Waals surface area contributed by atoms with Crippen LogP contribution in [-0.2, 0) is 16.1 Å². The fraction of sp³-hybridized carbons (Fsp3) is 0.385. The number of carbonyl (C=O) groups excluding carboxylic acids is 1. The van der Waals surface area contributed by atoms with E-state index in [-0.39, 0.29) is 12.6 Å².